The standard InChI is InChI=1S/C23H21N5O3S/c1-27(2)32(30,31)18-6-4-17(5-7-18)26-20-9-10-21(28-12-11-24-22(20)28)15-3-8-19-16(13-15)14-25-23(19)29/h3-13,26H,14H2,1-2H3,(H,25,29). The molecule has 0 atom stereocenters. The van der Waals surface area contributed by atoms with Crippen LogP contribution in [0.1, 0.15) is 15.9 Å². The van der Waals surface area contributed by atoms with Gasteiger partial charge in [0.1, 0.15) is 0 Å². The van der Waals surface area contributed by atoms with E-state index in [1.165, 1.54) is 18.4 Å². The fourth-order valence-corrected chi connectivity index (χ4v) is 4.72. The van der Waals surface area contributed by atoms with Crippen molar-refractivity contribution in [2.75, 3.05) is 19.4 Å². The maximum absolute atomic E-state index is 12.3. The SMILES string of the molecule is CN(C)S(=O)(=O)c1ccc(Nc2ccc(-c3ccc4c(c3)CNC4=O)n3ccnc23)cc1. The molecule has 3 heterocycles. The van der Waals surface area contributed by atoms with E-state index in [0.29, 0.717) is 12.1 Å². The second-order valence-electron chi connectivity index (χ2n) is 7.74. The lowest BCUT2D eigenvalue weighted by Gasteiger charge is -2.14. The van der Waals surface area contributed by atoms with Crippen molar-refractivity contribution < 1.29 is 13.2 Å². The highest BCUT2D eigenvalue weighted by Gasteiger charge is 2.20. The monoisotopic (exact) mass is 447 g/mol. The molecule has 1 aliphatic heterocycles. The predicted molar refractivity (Wildman–Crippen MR) is 122 cm³/mol. The van der Waals surface area contributed by atoms with Crippen molar-refractivity contribution in [2.24, 2.45) is 0 Å². The van der Waals surface area contributed by atoms with E-state index < -0.39 is 10.0 Å². The van der Waals surface area contributed by atoms with Gasteiger partial charge in [-0.05, 0) is 59.7 Å². The van der Waals surface area contributed by atoms with Crippen LogP contribution in [-0.2, 0) is 16.6 Å². The van der Waals surface area contributed by atoms with E-state index in [1.807, 2.05) is 40.9 Å². The minimum Gasteiger partial charge on any atom is -0.352 e. The summed E-state index contributed by atoms with van der Waals surface area (Å²) in [6, 6.07) is 16.4. The van der Waals surface area contributed by atoms with Crippen LogP contribution < -0.4 is 10.6 Å². The maximum atomic E-state index is 12.3. The normalized spacial score (nSPS) is 13.4. The third-order valence-electron chi connectivity index (χ3n) is 5.55. The largest absolute Gasteiger partial charge is 0.352 e. The van der Waals surface area contributed by atoms with Gasteiger partial charge in [-0.25, -0.2) is 17.7 Å². The summed E-state index contributed by atoms with van der Waals surface area (Å²) in [5.41, 5.74) is 5.93. The van der Waals surface area contributed by atoms with Crippen LogP contribution in [0, 0.1) is 0 Å². The number of carbonyl (C=O) groups is 1. The number of fused-ring (bicyclic) bond motifs is 2. The molecule has 2 aromatic carbocycles. The molecule has 32 heavy (non-hydrogen) atoms. The van der Waals surface area contributed by atoms with Gasteiger partial charge in [0.15, 0.2) is 5.65 Å². The van der Waals surface area contributed by atoms with Gasteiger partial charge in [0.05, 0.1) is 16.3 Å². The number of sulfonamides is 1. The molecule has 0 fully saturated rings. The van der Waals surface area contributed by atoms with Crippen LogP contribution in [0.15, 0.2) is 71.9 Å². The Morgan fingerprint density at radius 2 is 1.84 bits per heavy atom. The number of rotatable bonds is 5. The summed E-state index contributed by atoms with van der Waals surface area (Å²) in [5, 5.41) is 6.16. The fraction of sp³-hybridized carbons (Fsp3) is 0.130. The number of amides is 1. The molecule has 0 spiro atoms. The van der Waals surface area contributed by atoms with Gasteiger partial charge < -0.3 is 10.6 Å². The summed E-state index contributed by atoms with van der Waals surface area (Å²) in [4.78, 5) is 16.6. The van der Waals surface area contributed by atoms with Gasteiger partial charge in [-0.15, -0.1) is 0 Å². The number of nitrogens with one attached hydrogen (secondary N) is 2. The summed E-state index contributed by atoms with van der Waals surface area (Å²) in [5.74, 6) is -0.0386. The van der Waals surface area contributed by atoms with E-state index in [4.69, 9.17) is 0 Å². The maximum Gasteiger partial charge on any atom is 0.251 e. The molecule has 0 unspecified atom stereocenters. The van der Waals surface area contributed by atoms with Crippen LogP contribution in [0.3, 0.4) is 0 Å². The highest BCUT2D eigenvalue weighted by Crippen LogP contribution is 2.30. The summed E-state index contributed by atoms with van der Waals surface area (Å²) in [7, 11) is -0.458. The molecule has 2 N–H and O–H groups in total. The molecule has 0 saturated carbocycles. The summed E-state index contributed by atoms with van der Waals surface area (Å²) >= 11 is 0. The first-order chi connectivity index (χ1) is 15.3. The van der Waals surface area contributed by atoms with E-state index >= 15 is 0 Å². The summed E-state index contributed by atoms with van der Waals surface area (Å²) in [6.07, 6.45) is 3.62. The lowest BCUT2D eigenvalue weighted by molar-refractivity contribution is 0.0965. The average molecular weight is 448 g/mol. The highest BCUT2D eigenvalue weighted by molar-refractivity contribution is 7.89. The first-order valence-corrected chi connectivity index (χ1v) is 11.5. The van der Waals surface area contributed by atoms with E-state index in [2.05, 4.69) is 15.6 Å². The number of nitrogens with zero attached hydrogens (tertiary/aromatic N) is 3. The molecule has 0 aliphatic carbocycles. The Kier molecular flexibility index (Phi) is 4.72. The van der Waals surface area contributed by atoms with Gasteiger partial charge >= 0.3 is 0 Å². The van der Waals surface area contributed by atoms with Crippen LogP contribution in [0.25, 0.3) is 16.9 Å². The van der Waals surface area contributed by atoms with E-state index in [0.717, 1.165) is 33.8 Å². The number of anilines is 2. The second-order valence-corrected chi connectivity index (χ2v) is 9.90. The number of pyridine rings is 1. The number of aromatic nitrogens is 2. The van der Waals surface area contributed by atoms with Crippen molar-refractivity contribution in [1.29, 1.82) is 0 Å². The second kappa shape index (κ2) is 7.47. The Balaban J connectivity index is 1.48. The molecular formula is C23H21N5O3S. The minimum atomic E-state index is -3.47. The molecule has 0 saturated heterocycles. The molecule has 162 valence electrons. The lowest BCUT2D eigenvalue weighted by atomic mass is 10.0. The van der Waals surface area contributed by atoms with Crippen molar-refractivity contribution >= 4 is 33.0 Å². The zero-order chi connectivity index (χ0) is 22.5. The van der Waals surface area contributed by atoms with Gasteiger partial charge in [0.25, 0.3) is 5.91 Å². The average Bonchev–Trinajstić information content (AvgIpc) is 3.41. The molecule has 5 rings (SSSR count). The molecule has 9 heteroatoms. The third-order valence-corrected chi connectivity index (χ3v) is 7.38. The van der Waals surface area contributed by atoms with Crippen LogP contribution in [0.2, 0.25) is 0 Å². The van der Waals surface area contributed by atoms with Crippen molar-refractivity contribution in [1.82, 2.24) is 19.0 Å². The van der Waals surface area contributed by atoms with Gasteiger partial charge in [0, 0.05) is 44.3 Å². The van der Waals surface area contributed by atoms with Crippen molar-refractivity contribution in [3.63, 3.8) is 0 Å². The first kappa shape index (κ1) is 20.2. The number of hydrogen-bond acceptors (Lipinski definition) is 5. The molecule has 1 aliphatic rings. The van der Waals surface area contributed by atoms with Crippen LogP contribution >= 0.6 is 0 Å². The topological polar surface area (TPSA) is 95.8 Å². The first-order valence-electron chi connectivity index (χ1n) is 10.0. The predicted octanol–water partition coefficient (Wildman–Crippen LogP) is 3.24. The highest BCUT2D eigenvalue weighted by atomic mass is 32.2. The molecule has 0 bridgehead atoms. The molecule has 0 radical (unpaired) electrons. The number of hydrogen-bond donors (Lipinski definition) is 2. The Morgan fingerprint density at radius 1 is 1.06 bits per heavy atom. The molecular weight excluding hydrogens is 426 g/mol. The summed E-state index contributed by atoms with van der Waals surface area (Å²) in [6.45, 7) is 0.536. The molecule has 4 aromatic rings. The van der Waals surface area contributed by atoms with Crippen LogP contribution in [0.4, 0.5) is 11.4 Å². The van der Waals surface area contributed by atoms with Crippen molar-refractivity contribution in [3.05, 3.63) is 78.1 Å². The Labute approximate surface area is 185 Å². The van der Waals surface area contributed by atoms with Crippen molar-refractivity contribution in [2.45, 2.75) is 11.4 Å². The fourth-order valence-electron chi connectivity index (χ4n) is 3.82. The quantitative estimate of drug-likeness (QED) is 0.490. The van der Waals surface area contributed by atoms with E-state index in [1.54, 1.807) is 30.5 Å². The zero-order valence-electron chi connectivity index (χ0n) is 17.5. The van der Waals surface area contributed by atoms with Crippen molar-refractivity contribution in [3.8, 4) is 11.3 Å². The molecule has 8 nitrogen and oxygen atoms in total. The van der Waals surface area contributed by atoms with Gasteiger partial charge in [-0.2, -0.15) is 0 Å². The Morgan fingerprint density at radius 3 is 2.59 bits per heavy atom. The molecule has 1 amide bonds. The van der Waals surface area contributed by atoms with E-state index in [-0.39, 0.29) is 10.8 Å². The van der Waals surface area contributed by atoms with Gasteiger partial charge in [-0.1, -0.05) is 6.07 Å². The minimum absolute atomic E-state index is 0.0386. The Hall–Kier alpha value is -3.69. The van der Waals surface area contributed by atoms with Gasteiger partial charge in [-0.3, -0.25) is 9.20 Å². The number of imidazole rings is 1. The number of carbonyl (C=O) groups excluding carboxylic acids is 1. The van der Waals surface area contributed by atoms with Gasteiger partial charge in [0.2, 0.25) is 10.0 Å². The summed E-state index contributed by atoms with van der Waals surface area (Å²) < 4.78 is 27.7. The third kappa shape index (κ3) is 3.31. The van der Waals surface area contributed by atoms with Crippen LogP contribution in [0.5, 0.6) is 0 Å². The van der Waals surface area contributed by atoms with Crippen LogP contribution in [-0.4, -0.2) is 42.1 Å². The lowest BCUT2D eigenvalue weighted by Crippen LogP contribution is -2.22. The number of benzene rings is 2. The van der Waals surface area contributed by atoms with E-state index in [9.17, 15) is 13.2 Å². The zero-order valence-corrected chi connectivity index (χ0v) is 18.3. The molecule has 2 aromatic heterocycles. The Bertz CT molecular complexity index is 1460. The smallest absolute Gasteiger partial charge is 0.251 e.